The standard InChI is InChI=1S/C12H16F3N3/c1-2-3-8-17-11(16)18-10-7-5-4-6-9(10)12(13,14)15/h4-7H,2-3,8H2,1H3,(H3,16,17,18). The Morgan fingerprint density at radius 1 is 1.28 bits per heavy atom. The summed E-state index contributed by atoms with van der Waals surface area (Å²) in [6.07, 6.45) is -2.60. The van der Waals surface area contributed by atoms with Gasteiger partial charge in [-0.2, -0.15) is 13.2 Å². The molecule has 3 nitrogen and oxygen atoms in total. The first-order valence-electron chi connectivity index (χ1n) is 5.70. The number of guanidine groups is 1. The second-order valence-corrected chi connectivity index (χ2v) is 3.82. The largest absolute Gasteiger partial charge is 0.418 e. The Hall–Kier alpha value is -1.72. The first-order valence-corrected chi connectivity index (χ1v) is 5.70. The third kappa shape index (κ3) is 4.27. The molecular formula is C12H16F3N3. The molecule has 18 heavy (non-hydrogen) atoms. The van der Waals surface area contributed by atoms with Gasteiger partial charge in [0, 0.05) is 6.54 Å². The normalized spacial score (nSPS) is 11.1. The molecule has 1 aromatic carbocycles. The van der Waals surface area contributed by atoms with E-state index >= 15 is 0 Å². The van der Waals surface area contributed by atoms with Crippen LogP contribution in [0.1, 0.15) is 25.3 Å². The molecule has 0 atom stereocenters. The predicted octanol–water partition coefficient (Wildman–Crippen LogP) is 3.44. The van der Waals surface area contributed by atoms with Crippen LogP contribution in [0.25, 0.3) is 0 Å². The van der Waals surface area contributed by atoms with Crippen LogP contribution >= 0.6 is 0 Å². The van der Waals surface area contributed by atoms with E-state index in [9.17, 15) is 13.2 Å². The van der Waals surface area contributed by atoms with Gasteiger partial charge >= 0.3 is 6.18 Å². The Labute approximate surface area is 104 Å². The summed E-state index contributed by atoms with van der Waals surface area (Å²) in [6, 6.07) is 5.11. The molecule has 0 heterocycles. The van der Waals surface area contributed by atoms with Gasteiger partial charge in [0.1, 0.15) is 0 Å². The summed E-state index contributed by atoms with van der Waals surface area (Å²) in [5.74, 6) is -0.125. The summed E-state index contributed by atoms with van der Waals surface area (Å²) in [7, 11) is 0. The first-order chi connectivity index (χ1) is 8.45. The van der Waals surface area contributed by atoms with E-state index in [1.54, 1.807) is 0 Å². The zero-order chi connectivity index (χ0) is 13.6. The molecular weight excluding hydrogens is 243 g/mol. The lowest BCUT2D eigenvalue weighted by molar-refractivity contribution is -0.136. The van der Waals surface area contributed by atoms with Gasteiger partial charge in [0.25, 0.3) is 0 Å². The number of para-hydroxylation sites is 1. The van der Waals surface area contributed by atoms with Gasteiger partial charge in [-0.3, -0.25) is 5.41 Å². The average molecular weight is 259 g/mol. The number of nitrogens with one attached hydrogen (secondary N) is 3. The number of alkyl halides is 3. The van der Waals surface area contributed by atoms with Crippen LogP contribution in [0.3, 0.4) is 0 Å². The van der Waals surface area contributed by atoms with Crippen molar-refractivity contribution in [2.75, 3.05) is 11.9 Å². The van der Waals surface area contributed by atoms with Crippen molar-refractivity contribution in [3.05, 3.63) is 29.8 Å². The third-order valence-corrected chi connectivity index (χ3v) is 2.32. The van der Waals surface area contributed by atoms with Gasteiger partial charge in [-0.1, -0.05) is 25.5 Å². The van der Waals surface area contributed by atoms with E-state index in [4.69, 9.17) is 5.41 Å². The molecule has 0 saturated carbocycles. The summed E-state index contributed by atoms with van der Waals surface area (Å²) in [5, 5.41) is 12.7. The van der Waals surface area contributed by atoms with Crippen LogP contribution in [0.2, 0.25) is 0 Å². The smallest absolute Gasteiger partial charge is 0.356 e. The number of hydrogen-bond acceptors (Lipinski definition) is 1. The van der Waals surface area contributed by atoms with Crippen molar-refractivity contribution in [3.63, 3.8) is 0 Å². The fourth-order valence-electron chi connectivity index (χ4n) is 1.41. The molecule has 3 N–H and O–H groups in total. The van der Waals surface area contributed by atoms with Crippen LogP contribution in [-0.2, 0) is 6.18 Å². The highest BCUT2D eigenvalue weighted by atomic mass is 19.4. The van der Waals surface area contributed by atoms with Crippen LogP contribution in [0, 0.1) is 5.41 Å². The number of unbranched alkanes of at least 4 members (excludes halogenated alkanes) is 1. The summed E-state index contributed by atoms with van der Waals surface area (Å²) in [6.45, 7) is 2.56. The Bertz CT molecular complexity index is 402. The molecule has 0 saturated heterocycles. The number of anilines is 1. The van der Waals surface area contributed by atoms with E-state index in [-0.39, 0.29) is 11.6 Å². The zero-order valence-electron chi connectivity index (χ0n) is 10.1. The quantitative estimate of drug-likeness (QED) is 0.440. The Balaban J connectivity index is 2.70. The highest BCUT2D eigenvalue weighted by Gasteiger charge is 2.33. The molecule has 0 aliphatic carbocycles. The Morgan fingerprint density at radius 3 is 2.56 bits per heavy atom. The molecule has 0 fully saturated rings. The monoisotopic (exact) mass is 259 g/mol. The van der Waals surface area contributed by atoms with E-state index in [1.807, 2.05) is 6.92 Å². The summed E-state index contributed by atoms with van der Waals surface area (Å²) in [5.41, 5.74) is -0.883. The van der Waals surface area contributed by atoms with Crippen LogP contribution < -0.4 is 10.6 Å². The maximum absolute atomic E-state index is 12.7. The van der Waals surface area contributed by atoms with Crippen molar-refractivity contribution in [1.29, 1.82) is 5.41 Å². The van der Waals surface area contributed by atoms with Crippen LogP contribution in [0.5, 0.6) is 0 Å². The summed E-state index contributed by atoms with van der Waals surface area (Å²) >= 11 is 0. The lowest BCUT2D eigenvalue weighted by atomic mass is 10.1. The highest BCUT2D eigenvalue weighted by Crippen LogP contribution is 2.34. The minimum absolute atomic E-state index is 0.112. The number of benzene rings is 1. The van der Waals surface area contributed by atoms with E-state index in [0.29, 0.717) is 6.54 Å². The Kier molecular flexibility index (Phi) is 5.00. The van der Waals surface area contributed by atoms with E-state index in [2.05, 4.69) is 10.6 Å². The summed E-state index contributed by atoms with van der Waals surface area (Å²) in [4.78, 5) is 0. The van der Waals surface area contributed by atoms with Gasteiger partial charge < -0.3 is 10.6 Å². The van der Waals surface area contributed by atoms with Gasteiger partial charge in [-0.25, -0.2) is 0 Å². The average Bonchev–Trinajstić information content (AvgIpc) is 2.28. The molecule has 1 aromatic rings. The van der Waals surface area contributed by atoms with Gasteiger partial charge in [0.2, 0.25) is 0 Å². The Morgan fingerprint density at radius 2 is 1.94 bits per heavy atom. The predicted molar refractivity (Wildman–Crippen MR) is 65.7 cm³/mol. The lowest BCUT2D eigenvalue weighted by Gasteiger charge is -2.15. The van der Waals surface area contributed by atoms with Crippen molar-refractivity contribution in [2.24, 2.45) is 0 Å². The zero-order valence-corrected chi connectivity index (χ0v) is 10.1. The number of rotatable bonds is 4. The van der Waals surface area contributed by atoms with Crippen molar-refractivity contribution >= 4 is 11.6 Å². The molecule has 0 bridgehead atoms. The first kappa shape index (κ1) is 14.3. The minimum atomic E-state index is -4.42. The van der Waals surface area contributed by atoms with Crippen LogP contribution in [0.4, 0.5) is 18.9 Å². The van der Waals surface area contributed by atoms with E-state index < -0.39 is 11.7 Å². The van der Waals surface area contributed by atoms with Crippen LogP contribution in [-0.4, -0.2) is 12.5 Å². The van der Waals surface area contributed by atoms with E-state index in [1.165, 1.54) is 18.2 Å². The molecule has 0 radical (unpaired) electrons. The van der Waals surface area contributed by atoms with Gasteiger partial charge in [-0.15, -0.1) is 0 Å². The molecule has 100 valence electrons. The SMILES string of the molecule is CCCCNC(=N)Nc1ccccc1C(F)(F)F. The van der Waals surface area contributed by atoms with Crippen molar-refractivity contribution in [2.45, 2.75) is 25.9 Å². The van der Waals surface area contributed by atoms with Crippen molar-refractivity contribution in [3.8, 4) is 0 Å². The third-order valence-electron chi connectivity index (χ3n) is 2.32. The number of hydrogen-bond donors (Lipinski definition) is 3. The maximum atomic E-state index is 12.7. The summed E-state index contributed by atoms with van der Waals surface area (Å²) < 4.78 is 38.0. The van der Waals surface area contributed by atoms with Crippen molar-refractivity contribution in [1.82, 2.24) is 5.32 Å². The molecule has 0 unspecified atom stereocenters. The molecule has 6 heteroatoms. The van der Waals surface area contributed by atoms with Crippen molar-refractivity contribution < 1.29 is 13.2 Å². The molecule has 1 rings (SSSR count). The fourth-order valence-corrected chi connectivity index (χ4v) is 1.41. The molecule has 0 aliphatic heterocycles. The topological polar surface area (TPSA) is 47.9 Å². The van der Waals surface area contributed by atoms with Crippen LogP contribution in [0.15, 0.2) is 24.3 Å². The maximum Gasteiger partial charge on any atom is 0.418 e. The highest BCUT2D eigenvalue weighted by molar-refractivity contribution is 5.92. The van der Waals surface area contributed by atoms with Gasteiger partial charge in [0.05, 0.1) is 11.3 Å². The fraction of sp³-hybridized carbons (Fsp3) is 0.417. The molecule has 0 spiro atoms. The molecule has 0 aliphatic rings. The molecule has 0 amide bonds. The second-order valence-electron chi connectivity index (χ2n) is 3.82. The van der Waals surface area contributed by atoms with Gasteiger partial charge in [-0.05, 0) is 18.6 Å². The van der Waals surface area contributed by atoms with Gasteiger partial charge in [0.15, 0.2) is 5.96 Å². The minimum Gasteiger partial charge on any atom is -0.356 e. The van der Waals surface area contributed by atoms with E-state index in [0.717, 1.165) is 18.9 Å². The number of halogens is 3. The molecule has 0 aromatic heterocycles. The lowest BCUT2D eigenvalue weighted by Crippen LogP contribution is -2.31. The second kappa shape index (κ2) is 6.28.